The molecule has 0 saturated carbocycles. The van der Waals surface area contributed by atoms with Crippen molar-refractivity contribution in [2.24, 2.45) is 18.7 Å². The number of imidazole rings is 1. The number of carbonyl (C=O) groups is 1. The number of primary amides is 1. The minimum absolute atomic E-state index is 0.225. The molecule has 10 nitrogen and oxygen atoms in total. The summed E-state index contributed by atoms with van der Waals surface area (Å²) in [6.45, 7) is 2.89. The van der Waals surface area contributed by atoms with Crippen LogP contribution in [-0.4, -0.2) is 38.2 Å². The van der Waals surface area contributed by atoms with Crippen LogP contribution in [0.3, 0.4) is 0 Å². The summed E-state index contributed by atoms with van der Waals surface area (Å²) in [4.78, 5) is 43.6. The van der Waals surface area contributed by atoms with Crippen molar-refractivity contribution < 1.29 is 9.53 Å². The molecule has 1 aliphatic heterocycles. The highest BCUT2D eigenvalue weighted by atomic mass is 16.5. The summed E-state index contributed by atoms with van der Waals surface area (Å²) in [5.74, 6) is 0.787. The Morgan fingerprint density at radius 2 is 1.93 bits per heavy atom. The van der Waals surface area contributed by atoms with Crippen molar-refractivity contribution in [2.75, 3.05) is 18.6 Å². The molecule has 152 valence electrons. The topological polar surface area (TPSA) is 117 Å². The second-order valence-electron chi connectivity index (χ2n) is 7.31. The van der Waals surface area contributed by atoms with Gasteiger partial charge in [0, 0.05) is 25.8 Å². The number of hydrogen-bond donors (Lipinski definition) is 1. The number of anilines is 2. The van der Waals surface area contributed by atoms with Gasteiger partial charge in [-0.1, -0.05) is 6.92 Å². The molecule has 0 spiro atoms. The van der Waals surface area contributed by atoms with Crippen molar-refractivity contribution >= 4 is 28.7 Å². The van der Waals surface area contributed by atoms with Crippen molar-refractivity contribution in [1.82, 2.24) is 18.7 Å². The van der Waals surface area contributed by atoms with Crippen LogP contribution < -0.4 is 26.6 Å². The maximum atomic E-state index is 13.0. The molecule has 2 N–H and O–H groups in total. The van der Waals surface area contributed by atoms with Crippen LogP contribution in [0.1, 0.15) is 6.92 Å². The average molecular weight is 398 g/mol. The number of hydrogen-bond acceptors (Lipinski definition) is 6. The van der Waals surface area contributed by atoms with Gasteiger partial charge in [-0.15, -0.1) is 0 Å². The second-order valence-corrected chi connectivity index (χ2v) is 7.31. The molecule has 1 aromatic carbocycles. The zero-order valence-corrected chi connectivity index (χ0v) is 16.5. The summed E-state index contributed by atoms with van der Waals surface area (Å²) >= 11 is 0. The van der Waals surface area contributed by atoms with Crippen LogP contribution in [0.2, 0.25) is 0 Å². The third-order valence-corrected chi connectivity index (χ3v) is 5.14. The molecule has 1 amide bonds. The lowest BCUT2D eigenvalue weighted by atomic mass is 10.1. The van der Waals surface area contributed by atoms with Crippen LogP contribution in [0.25, 0.3) is 11.2 Å². The smallest absolute Gasteiger partial charge is 0.332 e. The zero-order chi connectivity index (χ0) is 20.9. The van der Waals surface area contributed by atoms with E-state index in [1.54, 1.807) is 7.11 Å². The van der Waals surface area contributed by atoms with Gasteiger partial charge in [0.25, 0.3) is 5.56 Å². The highest BCUT2D eigenvalue weighted by molar-refractivity contribution is 5.78. The van der Waals surface area contributed by atoms with E-state index in [0.29, 0.717) is 19.0 Å². The molecule has 4 rings (SSSR count). The summed E-state index contributed by atoms with van der Waals surface area (Å²) in [5.41, 5.74) is 5.50. The number of fused-ring (bicyclic) bond motifs is 3. The normalized spacial score (nSPS) is 16.1. The molecule has 0 fully saturated rings. The molecular formula is C19H22N6O4. The number of benzene rings is 1. The van der Waals surface area contributed by atoms with Crippen LogP contribution in [-0.2, 0) is 24.9 Å². The van der Waals surface area contributed by atoms with Crippen molar-refractivity contribution in [2.45, 2.75) is 20.0 Å². The molecule has 2 aromatic heterocycles. The Hall–Kier alpha value is -3.56. The molecule has 3 heterocycles. The number of amides is 1. The largest absolute Gasteiger partial charge is 0.497 e. The number of methoxy groups -OCH3 is 1. The van der Waals surface area contributed by atoms with Gasteiger partial charge in [0.1, 0.15) is 12.3 Å². The van der Waals surface area contributed by atoms with Crippen LogP contribution in [0.5, 0.6) is 5.75 Å². The lowest BCUT2D eigenvalue weighted by molar-refractivity contribution is -0.118. The van der Waals surface area contributed by atoms with Crippen LogP contribution in [0.4, 0.5) is 11.6 Å². The van der Waals surface area contributed by atoms with E-state index < -0.39 is 23.7 Å². The SMILES string of the molecule is COc1ccc(N2CC(C)Cn3c2nc2c3c(=O)n(CC(N)=O)c(=O)n2C)cc1. The Labute approximate surface area is 165 Å². The molecule has 0 radical (unpaired) electrons. The number of carbonyl (C=O) groups excluding carboxylic acids is 1. The third-order valence-electron chi connectivity index (χ3n) is 5.14. The summed E-state index contributed by atoms with van der Waals surface area (Å²) < 4.78 is 9.18. The van der Waals surface area contributed by atoms with Crippen LogP contribution in [0.15, 0.2) is 33.9 Å². The Kier molecular flexibility index (Phi) is 4.40. The Morgan fingerprint density at radius 1 is 1.24 bits per heavy atom. The number of nitrogens with two attached hydrogens (primary N) is 1. The van der Waals surface area contributed by atoms with E-state index in [0.717, 1.165) is 16.0 Å². The number of aryl methyl sites for hydroxylation is 1. The minimum atomic E-state index is -0.754. The maximum absolute atomic E-state index is 13.0. The first-order valence-corrected chi connectivity index (χ1v) is 9.21. The minimum Gasteiger partial charge on any atom is -0.497 e. The Balaban J connectivity index is 1.96. The van der Waals surface area contributed by atoms with E-state index in [2.05, 4.69) is 11.9 Å². The van der Waals surface area contributed by atoms with E-state index in [1.807, 2.05) is 33.7 Å². The summed E-state index contributed by atoms with van der Waals surface area (Å²) in [6, 6.07) is 7.56. The number of ether oxygens (including phenoxy) is 1. The standard InChI is InChI=1S/C19H22N6O4/c1-11-8-23(12-4-6-13(29-3)7-5-12)18-21-16-15(24(18)9-11)17(27)25(10-14(20)26)19(28)22(16)2/h4-7,11H,8-10H2,1-3H3,(H2,20,26). The molecule has 1 aliphatic rings. The second kappa shape index (κ2) is 6.80. The monoisotopic (exact) mass is 398 g/mol. The average Bonchev–Trinajstić information content (AvgIpc) is 3.08. The summed E-state index contributed by atoms with van der Waals surface area (Å²) in [7, 11) is 3.14. The molecule has 10 heteroatoms. The summed E-state index contributed by atoms with van der Waals surface area (Å²) in [5, 5.41) is 0. The Bertz CT molecular complexity index is 1220. The molecule has 29 heavy (non-hydrogen) atoms. The summed E-state index contributed by atoms with van der Waals surface area (Å²) in [6.07, 6.45) is 0. The molecule has 1 atom stereocenters. The number of nitrogens with zero attached hydrogens (tertiary/aromatic N) is 5. The van der Waals surface area contributed by atoms with Crippen molar-refractivity contribution in [1.29, 1.82) is 0 Å². The maximum Gasteiger partial charge on any atom is 0.332 e. The molecular weight excluding hydrogens is 376 g/mol. The number of rotatable bonds is 4. The number of aromatic nitrogens is 4. The first-order valence-electron chi connectivity index (χ1n) is 9.21. The fraction of sp³-hybridized carbons (Fsp3) is 0.368. The van der Waals surface area contributed by atoms with Crippen molar-refractivity contribution in [3.8, 4) is 5.75 Å². The van der Waals surface area contributed by atoms with Crippen molar-refractivity contribution in [3.63, 3.8) is 0 Å². The van der Waals surface area contributed by atoms with Gasteiger partial charge in [0.05, 0.1) is 7.11 Å². The molecule has 1 unspecified atom stereocenters. The fourth-order valence-corrected chi connectivity index (χ4v) is 3.78. The van der Waals surface area contributed by atoms with E-state index in [9.17, 15) is 14.4 Å². The van der Waals surface area contributed by atoms with Gasteiger partial charge in [0.2, 0.25) is 11.9 Å². The molecule has 0 bridgehead atoms. The molecule has 0 aliphatic carbocycles. The van der Waals surface area contributed by atoms with Crippen molar-refractivity contribution in [3.05, 3.63) is 45.1 Å². The van der Waals surface area contributed by atoms with Crippen LogP contribution in [0, 0.1) is 5.92 Å². The first-order chi connectivity index (χ1) is 13.8. The lowest BCUT2D eigenvalue weighted by Gasteiger charge is -2.33. The predicted octanol–water partition coefficient (Wildman–Crippen LogP) is 0.178. The Morgan fingerprint density at radius 3 is 2.55 bits per heavy atom. The zero-order valence-electron chi connectivity index (χ0n) is 16.5. The van der Waals surface area contributed by atoms with Gasteiger partial charge in [-0.25, -0.2) is 9.36 Å². The van der Waals surface area contributed by atoms with Gasteiger partial charge < -0.3 is 19.9 Å². The van der Waals surface area contributed by atoms with Gasteiger partial charge in [-0.2, -0.15) is 4.98 Å². The van der Waals surface area contributed by atoms with E-state index in [1.165, 1.54) is 11.6 Å². The van der Waals surface area contributed by atoms with Gasteiger partial charge >= 0.3 is 5.69 Å². The van der Waals surface area contributed by atoms with Gasteiger partial charge in [-0.3, -0.25) is 14.2 Å². The van der Waals surface area contributed by atoms with E-state index in [-0.39, 0.29) is 17.1 Å². The van der Waals surface area contributed by atoms with E-state index in [4.69, 9.17) is 10.5 Å². The first kappa shape index (κ1) is 18.8. The highest BCUT2D eigenvalue weighted by Gasteiger charge is 2.30. The van der Waals surface area contributed by atoms with Gasteiger partial charge in [0.15, 0.2) is 11.2 Å². The molecule has 3 aromatic rings. The third kappa shape index (κ3) is 2.96. The van der Waals surface area contributed by atoms with Gasteiger partial charge in [-0.05, 0) is 30.2 Å². The quantitative estimate of drug-likeness (QED) is 0.670. The fourth-order valence-electron chi connectivity index (χ4n) is 3.78. The highest BCUT2D eigenvalue weighted by Crippen LogP contribution is 2.33. The van der Waals surface area contributed by atoms with E-state index >= 15 is 0 Å². The lowest BCUT2D eigenvalue weighted by Crippen LogP contribution is -2.43. The van der Waals surface area contributed by atoms with Crippen LogP contribution >= 0.6 is 0 Å². The predicted molar refractivity (Wildman–Crippen MR) is 108 cm³/mol. The molecule has 0 saturated heterocycles.